The molecule has 2 aromatic heterocycles. The van der Waals surface area contributed by atoms with Crippen molar-refractivity contribution in [2.24, 2.45) is 5.10 Å². The smallest absolute Gasteiger partial charge is 0.261 e. The Morgan fingerprint density at radius 1 is 0.880 bits per heavy atom. The Labute approximate surface area is 142 Å². The van der Waals surface area contributed by atoms with Gasteiger partial charge >= 0.3 is 6.18 Å². The highest BCUT2D eigenvalue weighted by Gasteiger charge is 2.30. The van der Waals surface area contributed by atoms with Gasteiger partial charge in [-0.25, -0.2) is 4.98 Å². The van der Waals surface area contributed by atoms with Gasteiger partial charge in [-0.05, 0) is 24.3 Å². The number of nitrogens with one attached hydrogen (secondary N) is 1. The molecule has 0 aliphatic carbocycles. The van der Waals surface area contributed by atoms with Crippen LogP contribution in [0, 0.1) is 0 Å². The number of hydrazone groups is 1. The fourth-order valence-corrected chi connectivity index (χ4v) is 2.15. The SMILES string of the molecule is FC(F)(F)c1ccnc(N/N=C(\c2ccccc2)c2ccccn2)c1. The summed E-state index contributed by atoms with van der Waals surface area (Å²) in [4.78, 5) is 8.13. The van der Waals surface area contributed by atoms with Crippen LogP contribution in [-0.2, 0) is 6.18 Å². The lowest BCUT2D eigenvalue weighted by Gasteiger charge is -2.09. The van der Waals surface area contributed by atoms with Crippen molar-refractivity contribution in [1.29, 1.82) is 0 Å². The molecule has 0 saturated carbocycles. The molecule has 3 rings (SSSR count). The highest BCUT2D eigenvalue weighted by molar-refractivity contribution is 6.11. The fourth-order valence-electron chi connectivity index (χ4n) is 2.15. The number of hydrogen-bond donors (Lipinski definition) is 1. The molecule has 0 saturated heterocycles. The lowest BCUT2D eigenvalue weighted by Crippen LogP contribution is -2.10. The van der Waals surface area contributed by atoms with Crippen LogP contribution in [0.5, 0.6) is 0 Å². The van der Waals surface area contributed by atoms with E-state index in [1.165, 1.54) is 0 Å². The summed E-state index contributed by atoms with van der Waals surface area (Å²) in [5.41, 5.74) is 3.67. The summed E-state index contributed by atoms with van der Waals surface area (Å²) in [6.45, 7) is 0. The average molecular weight is 342 g/mol. The van der Waals surface area contributed by atoms with Crippen LogP contribution in [0.4, 0.5) is 19.0 Å². The monoisotopic (exact) mass is 342 g/mol. The number of benzene rings is 1. The molecule has 0 spiro atoms. The first kappa shape index (κ1) is 16.6. The molecule has 0 bridgehead atoms. The normalized spacial score (nSPS) is 12.0. The first-order chi connectivity index (χ1) is 12.0. The van der Waals surface area contributed by atoms with Gasteiger partial charge in [0.05, 0.1) is 11.3 Å². The zero-order valence-corrected chi connectivity index (χ0v) is 12.9. The van der Waals surface area contributed by atoms with Crippen molar-refractivity contribution in [1.82, 2.24) is 9.97 Å². The number of hydrogen-bond acceptors (Lipinski definition) is 4. The van der Waals surface area contributed by atoms with Gasteiger partial charge in [-0.3, -0.25) is 10.4 Å². The molecule has 0 aliphatic heterocycles. The van der Waals surface area contributed by atoms with Crippen LogP contribution >= 0.6 is 0 Å². The van der Waals surface area contributed by atoms with Crippen molar-refractivity contribution in [3.05, 3.63) is 89.9 Å². The second-order valence-electron chi connectivity index (χ2n) is 5.08. The van der Waals surface area contributed by atoms with Crippen molar-refractivity contribution in [3.63, 3.8) is 0 Å². The van der Waals surface area contributed by atoms with E-state index >= 15 is 0 Å². The molecule has 0 unspecified atom stereocenters. The minimum atomic E-state index is -4.44. The van der Waals surface area contributed by atoms with Gasteiger partial charge in [-0.15, -0.1) is 0 Å². The van der Waals surface area contributed by atoms with Crippen molar-refractivity contribution in [2.45, 2.75) is 6.18 Å². The van der Waals surface area contributed by atoms with Gasteiger partial charge in [0, 0.05) is 18.0 Å². The number of pyridine rings is 2. The quantitative estimate of drug-likeness (QED) is 0.566. The zero-order chi connectivity index (χ0) is 17.7. The largest absolute Gasteiger partial charge is 0.416 e. The maximum atomic E-state index is 12.8. The van der Waals surface area contributed by atoms with Gasteiger partial charge in [0.1, 0.15) is 11.5 Å². The van der Waals surface area contributed by atoms with E-state index in [0.29, 0.717) is 11.4 Å². The lowest BCUT2D eigenvalue weighted by molar-refractivity contribution is -0.137. The maximum Gasteiger partial charge on any atom is 0.416 e. The first-order valence-corrected chi connectivity index (χ1v) is 7.38. The van der Waals surface area contributed by atoms with Crippen LogP contribution in [0.3, 0.4) is 0 Å². The summed E-state index contributed by atoms with van der Waals surface area (Å²) in [5, 5.41) is 4.23. The second-order valence-corrected chi connectivity index (χ2v) is 5.08. The van der Waals surface area contributed by atoms with Crippen LogP contribution in [0.1, 0.15) is 16.8 Å². The minimum Gasteiger partial charge on any atom is -0.261 e. The molecule has 2 heterocycles. The Balaban J connectivity index is 1.95. The third kappa shape index (κ3) is 4.20. The van der Waals surface area contributed by atoms with Crippen molar-refractivity contribution < 1.29 is 13.2 Å². The van der Waals surface area contributed by atoms with E-state index in [1.54, 1.807) is 18.3 Å². The number of rotatable bonds is 4. The molecule has 0 amide bonds. The first-order valence-electron chi connectivity index (χ1n) is 7.38. The highest BCUT2D eigenvalue weighted by Crippen LogP contribution is 2.29. The third-order valence-corrected chi connectivity index (χ3v) is 3.32. The molecule has 0 aliphatic rings. The number of halogens is 3. The molecule has 25 heavy (non-hydrogen) atoms. The average Bonchev–Trinajstić information content (AvgIpc) is 2.63. The van der Waals surface area contributed by atoms with Crippen LogP contribution in [0.15, 0.2) is 78.2 Å². The lowest BCUT2D eigenvalue weighted by atomic mass is 10.1. The van der Waals surface area contributed by atoms with Gasteiger partial charge in [0.25, 0.3) is 0 Å². The third-order valence-electron chi connectivity index (χ3n) is 3.32. The van der Waals surface area contributed by atoms with E-state index in [9.17, 15) is 13.2 Å². The van der Waals surface area contributed by atoms with Gasteiger partial charge in [0.2, 0.25) is 0 Å². The number of nitrogens with zero attached hydrogens (tertiary/aromatic N) is 3. The molecular formula is C18H13F3N4. The standard InChI is InChI=1S/C18H13F3N4/c19-18(20,21)14-9-11-23-16(12-14)24-25-17(13-6-2-1-3-7-13)15-8-4-5-10-22-15/h1-12H,(H,23,24)/b25-17+. The number of aromatic nitrogens is 2. The van der Waals surface area contributed by atoms with Gasteiger partial charge in [-0.2, -0.15) is 18.3 Å². The van der Waals surface area contributed by atoms with E-state index in [1.807, 2.05) is 36.4 Å². The molecule has 4 nitrogen and oxygen atoms in total. The molecular weight excluding hydrogens is 329 g/mol. The number of alkyl halides is 3. The summed E-state index contributed by atoms with van der Waals surface area (Å²) in [6.07, 6.45) is -1.73. The Morgan fingerprint density at radius 2 is 1.64 bits per heavy atom. The molecule has 0 radical (unpaired) electrons. The zero-order valence-electron chi connectivity index (χ0n) is 12.9. The topological polar surface area (TPSA) is 50.2 Å². The summed E-state index contributed by atoms with van der Waals surface area (Å²) in [6, 6.07) is 16.4. The fraction of sp³-hybridized carbons (Fsp3) is 0.0556. The Bertz CT molecular complexity index is 821. The predicted octanol–water partition coefficient (Wildman–Crippen LogP) is 4.36. The molecule has 0 atom stereocenters. The molecule has 7 heteroatoms. The van der Waals surface area contributed by atoms with Crippen molar-refractivity contribution >= 4 is 11.5 Å². The predicted molar refractivity (Wildman–Crippen MR) is 89.2 cm³/mol. The summed E-state index contributed by atoms with van der Waals surface area (Å²) in [7, 11) is 0. The Hall–Kier alpha value is -3.22. The Kier molecular flexibility index (Phi) is 4.74. The highest BCUT2D eigenvalue weighted by atomic mass is 19.4. The number of anilines is 1. The van der Waals surface area contributed by atoms with E-state index < -0.39 is 11.7 Å². The van der Waals surface area contributed by atoms with Crippen molar-refractivity contribution in [3.8, 4) is 0 Å². The van der Waals surface area contributed by atoms with E-state index in [2.05, 4.69) is 20.5 Å². The summed E-state index contributed by atoms with van der Waals surface area (Å²) >= 11 is 0. The van der Waals surface area contributed by atoms with Gasteiger partial charge in [0.15, 0.2) is 0 Å². The van der Waals surface area contributed by atoms with Crippen LogP contribution < -0.4 is 5.43 Å². The van der Waals surface area contributed by atoms with E-state index in [4.69, 9.17) is 0 Å². The molecule has 1 aromatic carbocycles. The van der Waals surface area contributed by atoms with Gasteiger partial charge < -0.3 is 0 Å². The molecule has 126 valence electrons. The van der Waals surface area contributed by atoms with Crippen LogP contribution in [0.25, 0.3) is 0 Å². The maximum absolute atomic E-state index is 12.8. The molecule has 1 N–H and O–H groups in total. The summed E-state index contributed by atoms with van der Waals surface area (Å²) in [5.74, 6) is -0.000753. The second kappa shape index (κ2) is 7.12. The summed E-state index contributed by atoms with van der Waals surface area (Å²) < 4.78 is 38.4. The Morgan fingerprint density at radius 3 is 2.32 bits per heavy atom. The molecule has 0 fully saturated rings. The molecule has 3 aromatic rings. The van der Waals surface area contributed by atoms with Crippen LogP contribution in [0.2, 0.25) is 0 Å². The van der Waals surface area contributed by atoms with Crippen molar-refractivity contribution in [2.75, 3.05) is 5.43 Å². The van der Waals surface area contributed by atoms with Gasteiger partial charge in [-0.1, -0.05) is 36.4 Å². The van der Waals surface area contributed by atoms with E-state index in [-0.39, 0.29) is 5.82 Å². The van der Waals surface area contributed by atoms with E-state index in [0.717, 1.165) is 23.9 Å². The van der Waals surface area contributed by atoms with Crippen LogP contribution in [-0.4, -0.2) is 15.7 Å². The minimum absolute atomic E-state index is 0.000753.